The first-order valence-electron chi connectivity index (χ1n) is 5.54. The van der Waals surface area contributed by atoms with E-state index >= 15 is 0 Å². The predicted molar refractivity (Wildman–Crippen MR) is 70.2 cm³/mol. The number of nitrogens with one attached hydrogen (secondary N) is 1. The zero-order chi connectivity index (χ0) is 13.8. The minimum absolute atomic E-state index is 0. The van der Waals surface area contributed by atoms with Crippen LogP contribution in [0.3, 0.4) is 0 Å². The van der Waals surface area contributed by atoms with Gasteiger partial charge in [0.2, 0.25) is 0 Å². The molecule has 4 N–H and O–H groups in total. The summed E-state index contributed by atoms with van der Waals surface area (Å²) in [5.74, 6) is 0. The third kappa shape index (κ3) is 4.35. The van der Waals surface area contributed by atoms with Gasteiger partial charge in [0.15, 0.2) is 0 Å². The Hall–Kier alpha value is -0.820. The predicted octanol–water partition coefficient (Wildman–Crippen LogP) is 2.01. The maximum Gasteiger partial charge on any atom is 0.407 e. The van der Waals surface area contributed by atoms with E-state index in [0.717, 1.165) is 6.92 Å². The van der Waals surface area contributed by atoms with Gasteiger partial charge in [0, 0.05) is 6.54 Å². The molecule has 0 bridgehead atoms. The Bertz CT molecular complexity index is 375. The van der Waals surface area contributed by atoms with Crippen molar-refractivity contribution in [1.29, 1.82) is 0 Å². The number of alkyl halides is 3. The lowest BCUT2D eigenvalue weighted by Gasteiger charge is -2.35. The number of benzene rings is 1. The van der Waals surface area contributed by atoms with Crippen LogP contribution < -0.4 is 11.1 Å². The summed E-state index contributed by atoms with van der Waals surface area (Å²) < 4.78 is 38.7. The van der Waals surface area contributed by atoms with E-state index in [1.54, 1.807) is 30.3 Å². The summed E-state index contributed by atoms with van der Waals surface area (Å²) >= 11 is 0. The van der Waals surface area contributed by atoms with Gasteiger partial charge in [0.25, 0.3) is 0 Å². The first-order chi connectivity index (χ1) is 8.34. The summed E-state index contributed by atoms with van der Waals surface area (Å²) in [6.07, 6.45) is -4.48. The molecule has 0 aromatic heterocycles. The highest BCUT2D eigenvalue weighted by molar-refractivity contribution is 5.85. The van der Waals surface area contributed by atoms with Crippen molar-refractivity contribution in [2.24, 2.45) is 5.73 Å². The molecule has 1 aromatic rings. The summed E-state index contributed by atoms with van der Waals surface area (Å²) in [6.45, 7) is -0.0475. The van der Waals surface area contributed by atoms with Gasteiger partial charge in [0.05, 0.1) is 12.6 Å². The zero-order valence-electron chi connectivity index (χ0n) is 10.4. The Morgan fingerprint density at radius 3 is 2.16 bits per heavy atom. The van der Waals surface area contributed by atoms with E-state index in [2.05, 4.69) is 5.32 Å². The van der Waals surface area contributed by atoms with Gasteiger partial charge in [-0.05, 0) is 12.5 Å². The van der Waals surface area contributed by atoms with E-state index in [-0.39, 0.29) is 12.4 Å². The molecule has 0 heterocycles. The molecule has 0 saturated carbocycles. The van der Waals surface area contributed by atoms with E-state index in [9.17, 15) is 18.3 Å². The molecule has 0 saturated heterocycles. The molecule has 7 heteroatoms. The van der Waals surface area contributed by atoms with E-state index < -0.39 is 30.9 Å². The Kier molecular flexibility index (Phi) is 6.79. The van der Waals surface area contributed by atoms with Crippen LogP contribution in [-0.2, 0) is 0 Å². The van der Waals surface area contributed by atoms with E-state index in [4.69, 9.17) is 5.73 Å². The van der Waals surface area contributed by atoms with Crippen LogP contribution in [0.4, 0.5) is 13.2 Å². The molecule has 2 unspecified atom stereocenters. The molecule has 0 aliphatic heterocycles. The van der Waals surface area contributed by atoms with Crippen LogP contribution in [0.2, 0.25) is 0 Å². The lowest BCUT2D eigenvalue weighted by molar-refractivity contribution is -0.191. The van der Waals surface area contributed by atoms with Gasteiger partial charge in [-0.2, -0.15) is 13.2 Å². The molecule has 1 rings (SSSR count). The highest BCUT2D eigenvalue weighted by atomic mass is 35.5. The fraction of sp³-hybridized carbons (Fsp3) is 0.500. The van der Waals surface area contributed by atoms with Crippen molar-refractivity contribution in [3.05, 3.63) is 35.9 Å². The topological polar surface area (TPSA) is 58.3 Å². The van der Waals surface area contributed by atoms with Crippen LogP contribution in [0.1, 0.15) is 18.5 Å². The molecule has 0 amide bonds. The van der Waals surface area contributed by atoms with E-state index in [1.807, 2.05) is 0 Å². The number of hydrogen-bond acceptors (Lipinski definition) is 3. The molecule has 0 fully saturated rings. The van der Waals surface area contributed by atoms with Crippen LogP contribution in [0, 0.1) is 0 Å². The molecule has 0 aliphatic rings. The first-order valence-corrected chi connectivity index (χ1v) is 5.54. The smallest absolute Gasteiger partial charge is 0.394 e. The third-order valence-corrected chi connectivity index (χ3v) is 2.91. The Balaban J connectivity index is 0.00000324. The van der Waals surface area contributed by atoms with Gasteiger partial charge in [-0.1, -0.05) is 30.3 Å². The number of aliphatic hydroxyl groups excluding tert-OH is 1. The number of hydrogen-bond donors (Lipinski definition) is 3. The molecule has 0 radical (unpaired) electrons. The minimum atomic E-state index is -4.48. The SMILES string of the molecule is CC(CN)(NC(CO)c1ccccc1)C(F)(F)F.Cl. The van der Waals surface area contributed by atoms with Gasteiger partial charge < -0.3 is 10.8 Å². The zero-order valence-corrected chi connectivity index (χ0v) is 11.3. The van der Waals surface area contributed by atoms with Crippen LogP contribution in [0.5, 0.6) is 0 Å². The van der Waals surface area contributed by atoms with E-state index in [1.165, 1.54) is 0 Å². The minimum Gasteiger partial charge on any atom is -0.394 e. The molecule has 19 heavy (non-hydrogen) atoms. The average molecular weight is 299 g/mol. The molecular formula is C12H18ClF3N2O. The van der Waals surface area contributed by atoms with Gasteiger partial charge in [0.1, 0.15) is 5.54 Å². The Morgan fingerprint density at radius 2 is 1.79 bits per heavy atom. The summed E-state index contributed by atoms with van der Waals surface area (Å²) in [7, 11) is 0. The number of nitrogens with two attached hydrogens (primary N) is 1. The monoisotopic (exact) mass is 298 g/mol. The van der Waals surface area contributed by atoms with Crippen molar-refractivity contribution in [1.82, 2.24) is 5.32 Å². The van der Waals surface area contributed by atoms with E-state index in [0.29, 0.717) is 5.56 Å². The Morgan fingerprint density at radius 1 is 1.26 bits per heavy atom. The van der Waals surface area contributed by atoms with Crippen LogP contribution >= 0.6 is 12.4 Å². The highest BCUT2D eigenvalue weighted by Crippen LogP contribution is 2.31. The van der Waals surface area contributed by atoms with Crippen LogP contribution in [-0.4, -0.2) is 30.0 Å². The van der Waals surface area contributed by atoms with Crippen molar-refractivity contribution >= 4 is 12.4 Å². The second kappa shape index (κ2) is 7.09. The molecule has 1 aromatic carbocycles. The lowest BCUT2D eigenvalue weighted by Crippen LogP contribution is -2.60. The molecular weight excluding hydrogens is 281 g/mol. The van der Waals surface area contributed by atoms with Crippen LogP contribution in [0.15, 0.2) is 30.3 Å². The lowest BCUT2D eigenvalue weighted by atomic mass is 9.98. The quantitative estimate of drug-likeness (QED) is 0.779. The summed E-state index contributed by atoms with van der Waals surface area (Å²) in [4.78, 5) is 0. The third-order valence-electron chi connectivity index (χ3n) is 2.91. The van der Waals surface area contributed by atoms with Gasteiger partial charge >= 0.3 is 6.18 Å². The molecule has 110 valence electrons. The van der Waals surface area contributed by atoms with Crippen molar-refractivity contribution in [2.75, 3.05) is 13.2 Å². The largest absolute Gasteiger partial charge is 0.407 e. The summed E-state index contributed by atoms with van der Waals surface area (Å²) in [6, 6.07) is 7.66. The maximum atomic E-state index is 12.9. The number of halogens is 4. The first kappa shape index (κ1) is 18.2. The standard InChI is InChI=1S/C12H17F3N2O.ClH/c1-11(8-16,12(13,14)15)17-10(7-18)9-5-3-2-4-6-9;/h2-6,10,17-18H,7-8,16H2,1H3;1H. The summed E-state index contributed by atoms with van der Waals surface area (Å²) in [5.41, 5.74) is 3.57. The second-order valence-corrected chi connectivity index (χ2v) is 4.32. The maximum absolute atomic E-state index is 12.9. The van der Waals surface area contributed by atoms with Crippen molar-refractivity contribution < 1.29 is 18.3 Å². The average Bonchev–Trinajstić information content (AvgIpc) is 2.35. The normalized spacial score (nSPS) is 16.3. The van der Waals surface area contributed by atoms with Gasteiger partial charge in [-0.25, -0.2) is 0 Å². The fourth-order valence-corrected chi connectivity index (χ4v) is 1.56. The summed E-state index contributed by atoms with van der Waals surface area (Å²) in [5, 5.41) is 11.6. The molecule has 3 nitrogen and oxygen atoms in total. The fourth-order valence-electron chi connectivity index (χ4n) is 1.56. The number of aliphatic hydroxyl groups is 1. The highest BCUT2D eigenvalue weighted by Gasteiger charge is 2.51. The second-order valence-electron chi connectivity index (χ2n) is 4.32. The van der Waals surface area contributed by atoms with Crippen molar-refractivity contribution in [3.8, 4) is 0 Å². The van der Waals surface area contributed by atoms with Crippen molar-refractivity contribution in [3.63, 3.8) is 0 Å². The molecule has 0 spiro atoms. The number of rotatable bonds is 5. The Labute approximate surface area is 116 Å². The molecule has 2 atom stereocenters. The van der Waals surface area contributed by atoms with Crippen molar-refractivity contribution in [2.45, 2.75) is 24.7 Å². The van der Waals surface area contributed by atoms with Crippen LogP contribution in [0.25, 0.3) is 0 Å². The van der Waals surface area contributed by atoms with Gasteiger partial charge in [-0.3, -0.25) is 5.32 Å². The van der Waals surface area contributed by atoms with Gasteiger partial charge in [-0.15, -0.1) is 12.4 Å². The molecule has 0 aliphatic carbocycles.